The van der Waals surface area contributed by atoms with Crippen molar-refractivity contribution >= 4 is 0 Å². The Bertz CT molecular complexity index is 459. The molecule has 0 aromatic carbocycles. The highest BCUT2D eigenvalue weighted by atomic mass is 16.5. The first-order valence-electron chi connectivity index (χ1n) is 7.28. The summed E-state index contributed by atoms with van der Waals surface area (Å²) in [6.45, 7) is 4.13. The number of aromatic nitrogens is 1. The van der Waals surface area contributed by atoms with Crippen molar-refractivity contribution in [3.63, 3.8) is 0 Å². The van der Waals surface area contributed by atoms with Crippen LogP contribution in [0, 0.1) is 11.8 Å². The van der Waals surface area contributed by atoms with E-state index in [0.717, 1.165) is 17.9 Å². The molecular weight excluding hydrogens is 252 g/mol. The van der Waals surface area contributed by atoms with E-state index in [0.29, 0.717) is 13.0 Å². The van der Waals surface area contributed by atoms with E-state index < -0.39 is 0 Å². The van der Waals surface area contributed by atoms with E-state index in [1.165, 1.54) is 32.4 Å². The maximum atomic E-state index is 8.69. The monoisotopic (exact) mass is 274 g/mol. The van der Waals surface area contributed by atoms with E-state index in [-0.39, 0.29) is 6.61 Å². The summed E-state index contributed by atoms with van der Waals surface area (Å²) in [5.74, 6) is 6.61. The molecule has 0 unspecified atom stereocenters. The van der Waals surface area contributed by atoms with Gasteiger partial charge in [0.05, 0.1) is 12.8 Å². The Morgan fingerprint density at radius 2 is 2.10 bits per heavy atom. The van der Waals surface area contributed by atoms with Gasteiger partial charge in [0.2, 0.25) is 0 Å². The molecule has 1 fully saturated rings. The molecule has 20 heavy (non-hydrogen) atoms. The minimum Gasteiger partial charge on any atom is -0.491 e. The summed E-state index contributed by atoms with van der Waals surface area (Å²) in [7, 11) is 0. The summed E-state index contributed by atoms with van der Waals surface area (Å²) in [4.78, 5) is 6.57. The minimum atomic E-state index is 0.0897. The molecule has 0 saturated carbocycles. The molecule has 4 nitrogen and oxygen atoms in total. The number of hydrogen-bond acceptors (Lipinski definition) is 4. The van der Waals surface area contributed by atoms with Crippen molar-refractivity contribution in [2.45, 2.75) is 25.7 Å². The van der Waals surface area contributed by atoms with Crippen molar-refractivity contribution in [1.29, 1.82) is 0 Å². The van der Waals surface area contributed by atoms with Crippen molar-refractivity contribution in [2.75, 3.05) is 32.8 Å². The molecule has 0 bridgehead atoms. The van der Waals surface area contributed by atoms with Crippen LogP contribution in [0.15, 0.2) is 18.5 Å². The molecule has 0 atom stereocenters. The highest BCUT2D eigenvalue weighted by molar-refractivity contribution is 5.36. The molecule has 2 rings (SSSR count). The Labute approximate surface area is 120 Å². The van der Waals surface area contributed by atoms with Crippen LogP contribution in [0.2, 0.25) is 0 Å². The average Bonchev–Trinajstić information content (AvgIpc) is 2.49. The Balaban J connectivity index is 1.77. The smallest absolute Gasteiger partial charge is 0.138 e. The van der Waals surface area contributed by atoms with Crippen molar-refractivity contribution < 1.29 is 9.84 Å². The predicted octanol–water partition coefficient (Wildman–Crippen LogP) is 1.68. The predicted molar refractivity (Wildman–Crippen MR) is 78.6 cm³/mol. The van der Waals surface area contributed by atoms with Gasteiger partial charge in [-0.05, 0) is 32.0 Å². The maximum absolute atomic E-state index is 8.69. The standard InChI is InChI=1S/C16H22N2O2/c19-10-5-2-6-15-12-16(14-17-13-15)20-11-9-18-7-3-1-4-8-18/h12-14,19H,1,3-5,7-11H2. The van der Waals surface area contributed by atoms with Crippen LogP contribution in [-0.4, -0.2) is 47.8 Å². The van der Waals surface area contributed by atoms with Gasteiger partial charge < -0.3 is 9.84 Å². The molecule has 1 saturated heterocycles. The lowest BCUT2D eigenvalue weighted by atomic mass is 10.1. The van der Waals surface area contributed by atoms with Crippen molar-refractivity contribution in [1.82, 2.24) is 9.88 Å². The summed E-state index contributed by atoms with van der Waals surface area (Å²) < 4.78 is 5.73. The van der Waals surface area contributed by atoms with Crippen molar-refractivity contribution in [2.24, 2.45) is 0 Å². The largest absolute Gasteiger partial charge is 0.491 e. The first-order chi connectivity index (χ1) is 9.88. The van der Waals surface area contributed by atoms with Crippen LogP contribution in [0.3, 0.4) is 0 Å². The second-order valence-electron chi connectivity index (χ2n) is 4.94. The van der Waals surface area contributed by atoms with Gasteiger partial charge in [-0.3, -0.25) is 9.88 Å². The number of hydrogen-bond donors (Lipinski definition) is 1. The molecule has 0 aliphatic carbocycles. The first-order valence-corrected chi connectivity index (χ1v) is 7.28. The first kappa shape index (κ1) is 14.8. The van der Waals surface area contributed by atoms with E-state index >= 15 is 0 Å². The summed E-state index contributed by atoms with van der Waals surface area (Å²) in [5.41, 5.74) is 0.828. The highest BCUT2D eigenvalue weighted by Gasteiger charge is 2.09. The number of ether oxygens (including phenoxy) is 1. The number of nitrogens with zero attached hydrogens (tertiary/aromatic N) is 2. The molecule has 0 radical (unpaired) electrons. The molecule has 1 aromatic rings. The van der Waals surface area contributed by atoms with Gasteiger partial charge in [-0.15, -0.1) is 0 Å². The van der Waals surface area contributed by atoms with Crippen LogP contribution in [-0.2, 0) is 0 Å². The van der Waals surface area contributed by atoms with Crippen LogP contribution < -0.4 is 4.74 Å². The Morgan fingerprint density at radius 1 is 1.25 bits per heavy atom. The zero-order chi connectivity index (χ0) is 14.0. The topological polar surface area (TPSA) is 45.6 Å². The summed E-state index contributed by atoms with van der Waals surface area (Å²) in [5, 5.41) is 8.69. The summed E-state index contributed by atoms with van der Waals surface area (Å²) in [6, 6.07) is 1.90. The van der Waals surface area contributed by atoms with Crippen LogP contribution >= 0.6 is 0 Å². The number of likely N-dealkylation sites (tertiary alicyclic amines) is 1. The van der Waals surface area contributed by atoms with Crippen LogP contribution in [0.5, 0.6) is 5.75 Å². The summed E-state index contributed by atoms with van der Waals surface area (Å²) in [6.07, 6.45) is 7.88. The normalized spacial score (nSPS) is 15.4. The SMILES string of the molecule is OCCC#Cc1cncc(OCCN2CCCCC2)c1. The fourth-order valence-electron chi connectivity index (χ4n) is 2.26. The van der Waals surface area contributed by atoms with Crippen LogP contribution in [0.1, 0.15) is 31.2 Å². The summed E-state index contributed by atoms with van der Waals surface area (Å²) >= 11 is 0. The molecule has 1 aliphatic rings. The molecule has 0 amide bonds. The Morgan fingerprint density at radius 3 is 2.90 bits per heavy atom. The van der Waals surface area contributed by atoms with Gasteiger partial charge in [-0.2, -0.15) is 0 Å². The number of piperidine rings is 1. The average molecular weight is 274 g/mol. The lowest BCUT2D eigenvalue weighted by Gasteiger charge is -2.26. The van der Waals surface area contributed by atoms with Crippen LogP contribution in [0.25, 0.3) is 0 Å². The third kappa shape index (κ3) is 5.20. The zero-order valence-corrected chi connectivity index (χ0v) is 11.8. The molecular formula is C16H22N2O2. The second-order valence-corrected chi connectivity index (χ2v) is 4.94. The lowest BCUT2D eigenvalue weighted by Crippen LogP contribution is -2.33. The fourth-order valence-corrected chi connectivity index (χ4v) is 2.26. The van der Waals surface area contributed by atoms with Crippen molar-refractivity contribution in [3.8, 4) is 17.6 Å². The number of aliphatic hydroxyl groups excluding tert-OH is 1. The van der Waals surface area contributed by atoms with Crippen LogP contribution in [0.4, 0.5) is 0 Å². The highest BCUT2D eigenvalue weighted by Crippen LogP contribution is 2.12. The lowest BCUT2D eigenvalue weighted by molar-refractivity contribution is 0.183. The van der Waals surface area contributed by atoms with Crippen molar-refractivity contribution in [3.05, 3.63) is 24.0 Å². The van der Waals surface area contributed by atoms with Gasteiger partial charge in [0.1, 0.15) is 12.4 Å². The Hall–Kier alpha value is -1.57. The molecule has 0 spiro atoms. The number of aliphatic hydroxyl groups is 1. The minimum absolute atomic E-state index is 0.0897. The van der Waals surface area contributed by atoms with E-state index in [9.17, 15) is 0 Å². The fraction of sp³-hybridized carbons (Fsp3) is 0.562. The Kier molecular flexibility index (Phi) is 6.36. The number of pyridine rings is 1. The molecule has 1 N–H and O–H groups in total. The van der Waals surface area contributed by atoms with Gasteiger partial charge in [-0.25, -0.2) is 0 Å². The van der Waals surface area contributed by atoms with Gasteiger partial charge >= 0.3 is 0 Å². The van der Waals surface area contributed by atoms with Gasteiger partial charge in [-0.1, -0.05) is 18.3 Å². The molecule has 108 valence electrons. The van der Waals surface area contributed by atoms with Gasteiger partial charge in [0, 0.05) is 24.7 Å². The third-order valence-corrected chi connectivity index (χ3v) is 3.31. The zero-order valence-electron chi connectivity index (χ0n) is 11.8. The molecule has 2 heterocycles. The molecule has 1 aliphatic heterocycles. The van der Waals surface area contributed by atoms with Gasteiger partial charge in [0.15, 0.2) is 0 Å². The third-order valence-electron chi connectivity index (χ3n) is 3.31. The van der Waals surface area contributed by atoms with E-state index in [1.807, 2.05) is 6.07 Å². The van der Waals surface area contributed by atoms with Gasteiger partial charge in [0.25, 0.3) is 0 Å². The molecule has 4 heteroatoms. The quantitative estimate of drug-likeness (QED) is 0.830. The van der Waals surface area contributed by atoms with E-state index in [2.05, 4.69) is 21.7 Å². The van der Waals surface area contributed by atoms with E-state index in [1.54, 1.807) is 12.4 Å². The number of rotatable bonds is 5. The maximum Gasteiger partial charge on any atom is 0.138 e. The second kappa shape index (κ2) is 8.57. The van der Waals surface area contributed by atoms with E-state index in [4.69, 9.17) is 9.84 Å². The molecule has 1 aromatic heterocycles.